The van der Waals surface area contributed by atoms with Crippen molar-refractivity contribution in [2.75, 3.05) is 31.2 Å². The van der Waals surface area contributed by atoms with Gasteiger partial charge in [-0.1, -0.05) is 38.5 Å². The number of alkyl halides is 1. The Hall–Kier alpha value is -3.03. The molecule has 1 aromatic carbocycles. The second-order valence-corrected chi connectivity index (χ2v) is 9.35. The lowest BCUT2D eigenvalue weighted by Gasteiger charge is -2.30. The predicted molar refractivity (Wildman–Crippen MR) is 133 cm³/mol. The van der Waals surface area contributed by atoms with Crippen LogP contribution in [0.1, 0.15) is 37.8 Å². The number of nitrogens with zero attached hydrogens (tertiary/aromatic N) is 1. The molecule has 2 heterocycles. The van der Waals surface area contributed by atoms with Gasteiger partial charge in [0.25, 0.3) is 0 Å². The molecular formula is C24H34BFN4O7. The highest BCUT2D eigenvalue weighted by Gasteiger charge is 2.44. The van der Waals surface area contributed by atoms with Crippen molar-refractivity contribution in [1.29, 1.82) is 0 Å². The molecule has 4 amide bonds. The van der Waals surface area contributed by atoms with E-state index >= 15 is 0 Å². The molecule has 4 atom stereocenters. The maximum Gasteiger partial charge on any atom is 0.472 e. The third-order valence-electron chi connectivity index (χ3n) is 6.75. The van der Waals surface area contributed by atoms with Crippen LogP contribution in [-0.4, -0.2) is 85.3 Å². The van der Waals surface area contributed by atoms with Gasteiger partial charge in [-0.2, -0.15) is 0 Å². The van der Waals surface area contributed by atoms with Gasteiger partial charge in [-0.05, 0) is 29.9 Å². The van der Waals surface area contributed by atoms with E-state index in [1.165, 1.54) is 4.90 Å². The van der Waals surface area contributed by atoms with Crippen molar-refractivity contribution in [2.24, 2.45) is 5.92 Å². The van der Waals surface area contributed by atoms with Crippen molar-refractivity contribution < 1.29 is 38.4 Å². The van der Waals surface area contributed by atoms with Gasteiger partial charge in [0, 0.05) is 6.42 Å². The third-order valence-corrected chi connectivity index (χ3v) is 6.75. The molecular weight excluding hydrogens is 486 g/mol. The zero-order valence-electron chi connectivity index (χ0n) is 21.0. The number of amides is 4. The van der Waals surface area contributed by atoms with E-state index in [4.69, 9.17) is 14.8 Å². The van der Waals surface area contributed by atoms with Crippen LogP contribution in [0.3, 0.4) is 0 Å². The molecule has 0 spiro atoms. The van der Waals surface area contributed by atoms with Crippen molar-refractivity contribution in [3.63, 3.8) is 0 Å². The summed E-state index contributed by atoms with van der Waals surface area (Å²) in [4.78, 5) is 53.5. The summed E-state index contributed by atoms with van der Waals surface area (Å²) in [6.45, 7) is 2.31. The summed E-state index contributed by atoms with van der Waals surface area (Å²) in [6, 6.07) is 2.77. The lowest BCUT2D eigenvalue weighted by atomic mass is 9.92. The molecule has 0 fully saturated rings. The van der Waals surface area contributed by atoms with Crippen LogP contribution in [0, 0.1) is 5.92 Å². The first-order chi connectivity index (χ1) is 17.7. The highest BCUT2D eigenvalue weighted by molar-refractivity contribution is 6.41. The van der Waals surface area contributed by atoms with Crippen LogP contribution < -0.4 is 20.9 Å². The Morgan fingerprint density at radius 2 is 2.00 bits per heavy atom. The van der Waals surface area contributed by atoms with Gasteiger partial charge in [0.1, 0.15) is 31.4 Å². The Bertz CT molecular complexity index is 1010. The van der Waals surface area contributed by atoms with Gasteiger partial charge in [-0.15, -0.1) is 0 Å². The number of carbonyl (C=O) groups excluding carboxylic acids is 4. The molecule has 2 aliphatic heterocycles. The molecule has 0 saturated carbocycles. The van der Waals surface area contributed by atoms with Crippen LogP contribution in [0.4, 0.5) is 10.1 Å². The Labute approximate surface area is 215 Å². The summed E-state index contributed by atoms with van der Waals surface area (Å²) in [5, 5.41) is 26.1. The fourth-order valence-corrected chi connectivity index (χ4v) is 4.68. The predicted octanol–water partition coefficient (Wildman–Crippen LogP) is -0.979. The van der Waals surface area contributed by atoms with E-state index in [-0.39, 0.29) is 25.4 Å². The van der Waals surface area contributed by atoms with E-state index in [0.29, 0.717) is 24.9 Å². The summed E-state index contributed by atoms with van der Waals surface area (Å²) in [5.74, 6) is -2.36. The monoisotopic (exact) mass is 520 g/mol. The van der Waals surface area contributed by atoms with Gasteiger partial charge in [0.05, 0.1) is 18.7 Å². The van der Waals surface area contributed by atoms with Crippen molar-refractivity contribution in [3.05, 3.63) is 29.3 Å². The van der Waals surface area contributed by atoms with Crippen molar-refractivity contribution in [3.8, 4) is 0 Å². The molecule has 13 heteroatoms. The minimum absolute atomic E-state index is 0.228. The Morgan fingerprint density at radius 1 is 1.27 bits per heavy atom. The highest BCUT2D eigenvalue weighted by Crippen LogP contribution is 2.39. The van der Waals surface area contributed by atoms with Crippen LogP contribution in [0.15, 0.2) is 18.2 Å². The fourth-order valence-electron chi connectivity index (χ4n) is 4.68. The topological polar surface area (TPSA) is 157 Å². The van der Waals surface area contributed by atoms with E-state index in [0.717, 1.165) is 11.1 Å². The first kappa shape index (κ1) is 28.5. The Kier molecular flexibility index (Phi) is 10.0. The largest absolute Gasteiger partial charge is 0.472 e. The molecule has 3 rings (SSSR count). The number of para-hydroxylation sites is 1. The van der Waals surface area contributed by atoms with E-state index < -0.39 is 62.2 Å². The zero-order chi connectivity index (χ0) is 27.1. The number of carbonyl (C=O) groups is 4. The zero-order valence-corrected chi connectivity index (χ0v) is 21.0. The summed E-state index contributed by atoms with van der Waals surface area (Å²) in [6.07, 6.45) is 1.22. The average molecular weight is 520 g/mol. The molecule has 2 aliphatic rings. The second kappa shape index (κ2) is 13.0. The van der Waals surface area contributed by atoms with E-state index in [2.05, 4.69) is 16.0 Å². The van der Waals surface area contributed by atoms with Crippen LogP contribution in [0.5, 0.6) is 0 Å². The highest BCUT2D eigenvalue weighted by atomic mass is 19.1. The Balaban J connectivity index is 1.79. The minimum Gasteiger partial charge on any atom is -0.426 e. The van der Waals surface area contributed by atoms with Crippen LogP contribution >= 0.6 is 0 Å². The summed E-state index contributed by atoms with van der Waals surface area (Å²) in [7, 11) is -1.73. The van der Waals surface area contributed by atoms with Gasteiger partial charge >= 0.3 is 7.12 Å². The van der Waals surface area contributed by atoms with E-state index in [1.54, 1.807) is 6.92 Å². The van der Waals surface area contributed by atoms with Crippen molar-refractivity contribution >= 4 is 36.4 Å². The summed E-state index contributed by atoms with van der Waals surface area (Å²) < 4.78 is 17.2. The lowest BCUT2D eigenvalue weighted by Crippen LogP contribution is -2.58. The maximum absolute atomic E-state index is 13.7. The second-order valence-electron chi connectivity index (χ2n) is 9.35. The normalized spacial score (nSPS) is 19.9. The molecule has 37 heavy (non-hydrogen) atoms. The molecule has 0 aromatic heterocycles. The number of ether oxygens (including phenoxy) is 1. The van der Waals surface area contributed by atoms with Gasteiger partial charge < -0.3 is 30.7 Å². The van der Waals surface area contributed by atoms with E-state index in [9.17, 15) is 23.6 Å². The van der Waals surface area contributed by atoms with Crippen LogP contribution in [0.2, 0.25) is 0 Å². The summed E-state index contributed by atoms with van der Waals surface area (Å²) >= 11 is 0. The fraction of sp³-hybridized carbons (Fsp3) is 0.583. The standard InChI is InChI=1S/C24H34BFN4O7/c1-3-14(2)20(29-19(31)12-37-10-9-26)23(33)28-17-8-7-15-5-4-6-16-11-18(22(32)27-13-25(35)36)30(21(15)16)24(17)34/h4-6,14,17-18,20,35-36H,3,7-13H2,1-2H3,(H,27,32)(H,28,33)(H,29,31)/t14-,17-,18-,20-/m0/s1. The van der Waals surface area contributed by atoms with Gasteiger partial charge in [0.2, 0.25) is 23.6 Å². The van der Waals surface area contributed by atoms with Crippen LogP contribution in [0.25, 0.3) is 0 Å². The first-order valence-electron chi connectivity index (χ1n) is 12.5. The average Bonchev–Trinajstić information content (AvgIpc) is 3.21. The minimum atomic E-state index is -1.73. The SMILES string of the molecule is CC[C@H](C)[C@H](NC(=O)COCCF)C(=O)N[C@H]1CCc2cccc3c2N(C1=O)[C@H](C(=O)NCB(O)O)C3. The molecule has 0 unspecified atom stereocenters. The molecule has 0 radical (unpaired) electrons. The molecule has 202 valence electrons. The lowest BCUT2D eigenvalue weighted by molar-refractivity contribution is -0.134. The number of hydrogen-bond donors (Lipinski definition) is 5. The molecule has 5 N–H and O–H groups in total. The molecule has 1 aromatic rings. The number of halogens is 1. The number of benzene rings is 1. The van der Waals surface area contributed by atoms with Gasteiger partial charge in [0.15, 0.2) is 0 Å². The number of rotatable bonds is 12. The number of hydrogen-bond acceptors (Lipinski definition) is 7. The Morgan fingerprint density at radius 3 is 2.68 bits per heavy atom. The first-order valence-corrected chi connectivity index (χ1v) is 12.5. The third kappa shape index (κ3) is 6.85. The molecule has 11 nitrogen and oxygen atoms in total. The molecule has 0 saturated heterocycles. The van der Waals surface area contributed by atoms with E-state index in [1.807, 2.05) is 25.1 Å². The van der Waals surface area contributed by atoms with Gasteiger partial charge in [-0.25, -0.2) is 4.39 Å². The van der Waals surface area contributed by atoms with Crippen LogP contribution in [-0.2, 0) is 36.8 Å². The number of aryl methyl sites for hydroxylation is 1. The smallest absolute Gasteiger partial charge is 0.426 e. The van der Waals surface area contributed by atoms with Crippen molar-refractivity contribution in [1.82, 2.24) is 16.0 Å². The summed E-state index contributed by atoms with van der Waals surface area (Å²) in [5.41, 5.74) is 2.34. The molecule has 0 aliphatic carbocycles. The number of anilines is 1. The van der Waals surface area contributed by atoms with Gasteiger partial charge in [-0.3, -0.25) is 24.1 Å². The quantitative estimate of drug-likeness (QED) is 0.175. The van der Waals surface area contributed by atoms with Crippen molar-refractivity contribution in [2.45, 2.75) is 57.7 Å². The maximum atomic E-state index is 13.7. The number of nitrogens with one attached hydrogen (secondary N) is 3. The molecule has 0 bridgehead atoms.